The maximum absolute atomic E-state index is 13.8. The number of unbranched alkanes of at least 4 members (excludes halogenated alkanes) is 2. The minimum atomic E-state index is -1.01. The van der Waals surface area contributed by atoms with Gasteiger partial charge in [0.15, 0.2) is 11.6 Å². The van der Waals surface area contributed by atoms with Crippen LogP contribution in [0.1, 0.15) is 42.9 Å². The Kier molecular flexibility index (Phi) is 6.17. The second-order valence-electron chi connectivity index (χ2n) is 5.35. The summed E-state index contributed by atoms with van der Waals surface area (Å²) in [5.74, 6) is 3.43. The van der Waals surface area contributed by atoms with Gasteiger partial charge in [0.1, 0.15) is 0 Å². The zero-order chi connectivity index (χ0) is 16.7. The largest absolute Gasteiger partial charge is 0.494 e. The molecule has 3 heteroatoms. The predicted molar refractivity (Wildman–Crippen MR) is 88.6 cm³/mol. The molecule has 0 aliphatic rings. The van der Waals surface area contributed by atoms with E-state index in [1.54, 1.807) is 0 Å². The quantitative estimate of drug-likeness (QED) is 0.551. The van der Waals surface area contributed by atoms with Crippen molar-refractivity contribution in [3.8, 4) is 17.6 Å². The van der Waals surface area contributed by atoms with E-state index in [0.717, 1.165) is 12.0 Å². The van der Waals surface area contributed by atoms with Crippen LogP contribution >= 0.6 is 0 Å². The minimum absolute atomic E-state index is 0.0234. The number of ether oxygens (including phenoxy) is 1. The number of hydrogen-bond acceptors (Lipinski definition) is 1. The number of benzene rings is 2. The molecule has 2 aromatic rings. The van der Waals surface area contributed by atoms with E-state index in [0.29, 0.717) is 0 Å². The van der Waals surface area contributed by atoms with E-state index in [1.165, 1.54) is 44.1 Å². The molecule has 0 aliphatic heterocycles. The summed E-state index contributed by atoms with van der Waals surface area (Å²) in [7, 11) is 1.30. The maximum Gasteiger partial charge on any atom is 0.201 e. The van der Waals surface area contributed by atoms with Crippen LogP contribution in [0, 0.1) is 23.5 Å². The van der Waals surface area contributed by atoms with Crippen molar-refractivity contribution < 1.29 is 13.5 Å². The van der Waals surface area contributed by atoms with Gasteiger partial charge in [-0.1, -0.05) is 43.7 Å². The zero-order valence-electron chi connectivity index (χ0n) is 13.5. The van der Waals surface area contributed by atoms with Gasteiger partial charge in [0.05, 0.1) is 12.7 Å². The van der Waals surface area contributed by atoms with Gasteiger partial charge in [-0.2, -0.15) is 4.39 Å². The van der Waals surface area contributed by atoms with Gasteiger partial charge in [0, 0.05) is 5.56 Å². The fourth-order valence-electron chi connectivity index (χ4n) is 2.26. The van der Waals surface area contributed by atoms with Crippen LogP contribution in [0.2, 0.25) is 0 Å². The molecule has 0 aliphatic carbocycles. The Morgan fingerprint density at radius 2 is 1.65 bits per heavy atom. The van der Waals surface area contributed by atoms with Crippen LogP contribution in [0.15, 0.2) is 36.4 Å². The summed E-state index contributed by atoms with van der Waals surface area (Å²) in [6, 6.07) is 10.7. The van der Waals surface area contributed by atoms with E-state index in [1.807, 2.05) is 24.3 Å². The van der Waals surface area contributed by atoms with Crippen LogP contribution in [0.25, 0.3) is 0 Å². The van der Waals surface area contributed by atoms with Crippen LogP contribution in [-0.2, 0) is 6.42 Å². The first-order chi connectivity index (χ1) is 11.2. The first kappa shape index (κ1) is 17.0. The second kappa shape index (κ2) is 8.33. The standard InChI is InChI=1S/C20H20F2O/c1-3-4-5-6-15-7-9-16(10-8-15)11-12-17-13-14-18(23-2)20(22)19(17)21/h7-10,13-14H,3-6H2,1-2H3. The minimum Gasteiger partial charge on any atom is -0.494 e. The monoisotopic (exact) mass is 314 g/mol. The molecule has 0 amide bonds. The van der Waals surface area contributed by atoms with Crippen molar-refractivity contribution >= 4 is 0 Å². The highest BCUT2D eigenvalue weighted by atomic mass is 19.2. The van der Waals surface area contributed by atoms with Gasteiger partial charge in [0.25, 0.3) is 0 Å². The summed E-state index contributed by atoms with van der Waals surface area (Å²) in [5, 5.41) is 0. The number of methoxy groups -OCH3 is 1. The number of aryl methyl sites for hydroxylation is 1. The fraction of sp³-hybridized carbons (Fsp3) is 0.300. The van der Waals surface area contributed by atoms with Gasteiger partial charge in [0.2, 0.25) is 5.82 Å². The molecular weight excluding hydrogens is 294 g/mol. The molecule has 0 radical (unpaired) electrons. The molecule has 0 N–H and O–H groups in total. The Morgan fingerprint density at radius 1 is 0.913 bits per heavy atom. The van der Waals surface area contributed by atoms with Crippen molar-refractivity contribution in [1.82, 2.24) is 0 Å². The molecule has 0 aromatic heterocycles. The third-order valence-corrected chi connectivity index (χ3v) is 3.63. The van der Waals surface area contributed by atoms with E-state index in [4.69, 9.17) is 4.74 Å². The molecule has 1 nitrogen and oxygen atoms in total. The van der Waals surface area contributed by atoms with Gasteiger partial charge in [-0.05, 0) is 42.7 Å². The number of rotatable bonds is 5. The van der Waals surface area contributed by atoms with Crippen LogP contribution in [0.4, 0.5) is 8.78 Å². The van der Waals surface area contributed by atoms with E-state index < -0.39 is 11.6 Å². The molecule has 23 heavy (non-hydrogen) atoms. The van der Waals surface area contributed by atoms with Crippen LogP contribution in [0.5, 0.6) is 5.75 Å². The second-order valence-corrected chi connectivity index (χ2v) is 5.35. The van der Waals surface area contributed by atoms with Crippen LogP contribution in [-0.4, -0.2) is 7.11 Å². The van der Waals surface area contributed by atoms with Gasteiger partial charge in [-0.3, -0.25) is 0 Å². The molecule has 120 valence electrons. The molecule has 0 fully saturated rings. The highest BCUT2D eigenvalue weighted by molar-refractivity contribution is 5.46. The fourth-order valence-corrected chi connectivity index (χ4v) is 2.26. The molecule has 0 saturated heterocycles. The van der Waals surface area contributed by atoms with Crippen molar-refractivity contribution in [2.24, 2.45) is 0 Å². The highest BCUT2D eigenvalue weighted by Crippen LogP contribution is 2.21. The van der Waals surface area contributed by atoms with Crippen LogP contribution < -0.4 is 4.74 Å². The molecule has 2 aromatic carbocycles. The van der Waals surface area contributed by atoms with E-state index in [9.17, 15) is 8.78 Å². The van der Waals surface area contributed by atoms with Crippen molar-refractivity contribution in [1.29, 1.82) is 0 Å². The highest BCUT2D eigenvalue weighted by Gasteiger charge is 2.12. The SMILES string of the molecule is CCCCCc1ccc(C#Cc2ccc(OC)c(F)c2F)cc1. The summed E-state index contributed by atoms with van der Waals surface area (Å²) in [6.45, 7) is 2.18. The smallest absolute Gasteiger partial charge is 0.201 e. The molecule has 0 saturated carbocycles. The lowest BCUT2D eigenvalue weighted by molar-refractivity contribution is 0.371. The first-order valence-electron chi connectivity index (χ1n) is 7.78. The zero-order valence-corrected chi connectivity index (χ0v) is 13.5. The average molecular weight is 314 g/mol. The summed E-state index contributed by atoms with van der Waals surface area (Å²) in [4.78, 5) is 0. The maximum atomic E-state index is 13.8. The lowest BCUT2D eigenvalue weighted by Crippen LogP contribution is -1.95. The normalized spacial score (nSPS) is 10.1. The topological polar surface area (TPSA) is 9.23 Å². The Balaban J connectivity index is 2.11. The Hall–Kier alpha value is -2.34. The molecule has 0 unspecified atom stereocenters. The van der Waals surface area contributed by atoms with E-state index >= 15 is 0 Å². The van der Waals surface area contributed by atoms with Gasteiger partial charge >= 0.3 is 0 Å². The van der Waals surface area contributed by atoms with Gasteiger partial charge < -0.3 is 4.74 Å². The Morgan fingerprint density at radius 3 is 2.30 bits per heavy atom. The summed E-state index contributed by atoms with van der Waals surface area (Å²) in [5.41, 5.74) is 2.07. The average Bonchev–Trinajstić information content (AvgIpc) is 2.58. The van der Waals surface area contributed by atoms with Crippen molar-refractivity contribution in [2.45, 2.75) is 32.6 Å². The van der Waals surface area contributed by atoms with Crippen LogP contribution in [0.3, 0.4) is 0 Å². The molecule has 0 bridgehead atoms. The summed E-state index contributed by atoms with van der Waals surface area (Å²) < 4.78 is 32.2. The Labute approximate surface area is 136 Å². The molecule has 0 heterocycles. The van der Waals surface area contributed by atoms with E-state index in [-0.39, 0.29) is 11.3 Å². The molecule has 2 rings (SSSR count). The van der Waals surface area contributed by atoms with Crippen molar-refractivity contribution in [3.05, 3.63) is 64.7 Å². The van der Waals surface area contributed by atoms with Gasteiger partial charge in [-0.25, -0.2) is 4.39 Å². The van der Waals surface area contributed by atoms with Crippen molar-refractivity contribution in [2.75, 3.05) is 7.11 Å². The third kappa shape index (κ3) is 4.56. The van der Waals surface area contributed by atoms with Gasteiger partial charge in [-0.15, -0.1) is 0 Å². The summed E-state index contributed by atoms with van der Waals surface area (Å²) in [6.07, 6.45) is 4.66. The predicted octanol–water partition coefficient (Wildman–Crippen LogP) is 5.11. The third-order valence-electron chi connectivity index (χ3n) is 3.63. The van der Waals surface area contributed by atoms with E-state index in [2.05, 4.69) is 18.8 Å². The first-order valence-corrected chi connectivity index (χ1v) is 7.78. The molecular formula is C20H20F2O. The molecule has 0 spiro atoms. The van der Waals surface area contributed by atoms with Crippen molar-refractivity contribution in [3.63, 3.8) is 0 Å². The summed E-state index contributed by atoms with van der Waals surface area (Å²) >= 11 is 0. The lowest BCUT2D eigenvalue weighted by Gasteiger charge is -2.03. The lowest BCUT2D eigenvalue weighted by atomic mass is 10.1. The number of halogens is 2. The Bertz CT molecular complexity index is 709. The number of hydrogen-bond donors (Lipinski definition) is 0. The molecule has 0 atom stereocenters.